The number of nitro groups is 1. The number of hydrogen-bond acceptors (Lipinski definition) is 8. The molecule has 0 fully saturated rings. The van der Waals surface area contributed by atoms with Crippen LogP contribution in [-0.4, -0.2) is 37.0 Å². The second-order valence-corrected chi connectivity index (χ2v) is 7.23. The summed E-state index contributed by atoms with van der Waals surface area (Å²) in [6.45, 7) is 0.847. The Morgan fingerprint density at radius 2 is 2.10 bits per heavy atom. The maximum atomic E-state index is 10.9. The van der Waals surface area contributed by atoms with Gasteiger partial charge in [0.15, 0.2) is 11.0 Å². The molecular formula is C20H17N5O4S. The van der Waals surface area contributed by atoms with Crippen molar-refractivity contribution in [2.75, 3.05) is 12.4 Å². The SMILES string of the molecule is O=[N+]([O-])c1cccc(OCCSc2nnc(-c3cccnc3)n2Cc2ccco2)c1. The zero-order valence-corrected chi connectivity index (χ0v) is 16.6. The quantitative estimate of drug-likeness (QED) is 0.172. The monoisotopic (exact) mass is 423 g/mol. The van der Waals surface area contributed by atoms with E-state index in [0.717, 1.165) is 11.3 Å². The number of pyridine rings is 1. The largest absolute Gasteiger partial charge is 0.492 e. The molecule has 0 radical (unpaired) electrons. The van der Waals surface area contributed by atoms with Crippen molar-refractivity contribution in [1.82, 2.24) is 19.7 Å². The molecule has 0 saturated heterocycles. The molecule has 0 spiro atoms. The van der Waals surface area contributed by atoms with E-state index in [1.165, 1.54) is 23.9 Å². The summed E-state index contributed by atoms with van der Waals surface area (Å²) in [6, 6.07) is 13.6. The average Bonchev–Trinajstić information content (AvgIpc) is 3.43. The highest BCUT2D eigenvalue weighted by atomic mass is 32.2. The zero-order valence-electron chi connectivity index (χ0n) is 15.7. The van der Waals surface area contributed by atoms with Gasteiger partial charge >= 0.3 is 0 Å². The fourth-order valence-corrected chi connectivity index (χ4v) is 3.54. The minimum atomic E-state index is -0.446. The number of aromatic nitrogens is 4. The van der Waals surface area contributed by atoms with Gasteiger partial charge in [-0.3, -0.25) is 19.7 Å². The van der Waals surface area contributed by atoms with E-state index in [-0.39, 0.29) is 5.69 Å². The first kappa shape index (κ1) is 19.6. The summed E-state index contributed by atoms with van der Waals surface area (Å²) < 4.78 is 13.1. The Hall–Kier alpha value is -3.66. The van der Waals surface area contributed by atoms with Crippen molar-refractivity contribution >= 4 is 17.4 Å². The molecule has 30 heavy (non-hydrogen) atoms. The topological polar surface area (TPSA) is 109 Å². The fourth-order valence-electron chi connectivity index (χ4n) is 2.78. The zero-order chi connectivity index (χ0) is 20.8. The summed E-state index contributed by atoms with van der Waals surface area (Å²) in [7, 11) is 0. The molecule has 0 aliphatic heterocycles. The third-order valence-corrected chi connectivity index (χ3v) is 5.07. The van der Waals surface area contributed by atoms with Gasteiger partial charge in [0.2, 0.25) is 0 Å². The number of benzene rings is 1. The van der Waals surface area contributed by atoms with Crippen molar-refractivity contribution in [3.05, 3.63) is 83.1 Å². The standard InChI is InChI=1S/C20H17N5O4S/c26-25(27)16-5-1-6-17(12-16)29-10-11-30-20-23-22-19(15-4-2-8-21-13-15)24(20)14-18-7-3-9-28-18/h1-9,12-13H,10-11,14H2. The van der Waals surface area contributed by atoms with E-state index in [0.29, 0.717) is 35.6 Å². The maximum absolute atomic E-state index is 10.9. The minimum Gasteiger partial charge on any atom is -0.492 e. The van der Waals surface area contributed by atoms with Crippen LogP contribution in [0.25, 0.3) is 11.4 Å². The van der Waals surface area contributed by atoms with Crippen LogP contribution in [0, 0.1) is 10.1 Å². The molecule has 152 valence electrons. The van der Waals surface area contributed by atoms with Crippen molar-refractivity contribution in [2.45, 2.75) is 11.7 Å². The summed E-state index contributed by atoms with van der Waals surface area (Å²) in [6.07, 6.45) is 5.07. The number of rotatable bonds is 9. The Morgan fingerprint density at radius 1 is 1.17 bits per heavy atom. The Balaban J connectivity index is 1.45. The number of hydrogen-bond donors (Lipinski definition) is 0. The molecule has 0 aliphatic rings. The molecule has 0 saturated carbocycles. The maximum Gasteiger partial charge on any atom is 0.273 e. The Morgan fingerprint density at radius 3 is 2.87 bits per heavy atom. The minimum absolute atomic E-state index is 0.000503. The Labute approximate surface area is 175 Å². The molecule has 4 rings (SSSR count). The first-order chi connectivity index (χ1) is 14.7. The summed E-state index contributed by atoms with van der Waals surface area (Å²) in [5, 5.41) is 20.2. The summed E-state index contributed by atoms with van der Waals surface area (Å²) >= 11 is 1.48. The van der Waals surface area contributed by atoms with Crippen molar-refractivity contribution in [1.29, 1.82) is 0 Å². The van der Waals surface area contributed by atoms with Crippen LogP contribution in [0.15, 0.2) is 76.8 Å². The van der Waals surface area contributed by atoms with Crippen LogP contribution >= 0.6 is 11.8 Å². The van der Waals surface area contributed by atoms with Gasteiger partial charge in [0.25, 0.3) is 5.69 Å². The van der Waals surface area contributed by atoms with Gasteiger partial charge in [-0.25, -0.2) is 0 Å². The van der Waals surface area contributed by atoms with E-state index >= 15 is 0 Å². The molecule has 0 atom stereocenters. The number of non-ortho nitro benzene ring substituents is 1. The lowest BCUT2D eigenvalue weighted by molar-refractivity contribution is -0.384. The average molecular weight is 423 g/mol. The van der Waals surface area contributed by atoms with Crippen molar-refractivity contribution in [2.24, 2.45) is 0 Å². The molecule has 9 nitrogen and oxygen atoms in total. The normalized spacial score (nSPS) is 10.8. The van der Waals surface area contributed by atoms with Crippen molar-refractivity contribution < 1.29 is 14.1 Å². The molecule has 0 amide bonds. The van der Waals surface area contributed by atoms with Gasteiger partial charge in [-0.15, -0.1) is 10.2 Å². The van der Waals surface area contributed by atoms with E-state index in [2.05, 4.69) is 15.2 Å². The Kier molecular flexibility index (Phi) is 6.04. The highest BCUT2D eigenvalue weighted by Crippen LogP contribution is 2.25. The molecule has 10 heteroatoms. The lowest BCUT2D eigenvalue weighted by Gasteiger charge is -2.09. The van der Waals surface area contributed by atoms with Crippen LogP contribution in [0.5, 0.6) is 5.75 Å². The second kappa shape index (κ2) is 9.23. The molecule has 3 heterocycles. The van der Waals surface area contributed by atoms with Gasteiger partial charge in [-0.1, -0.05) is 17.8 Å². The third kappa shape index (κ3) is 4.66. The number of furan rings is 1. The number of thioether (sulfide) groups is 1. The van der Waals surface area contributed by atoms with Crippen LogP contribution in [0.4, 0.5) is 5.69 Å². The molecule has 0 aliphatic carbocycles. The van der Waals surface area contributed by atoms with Crippen LogP contribution < -0.4 is 4.74 Å². The van der Waals surface area contributed by atoms with E-state index in [9.17, 15) is 10.1 Å². The third-order valence-electron chi connectivity index (χ3n) is 4.14. The van der Waals surface area contributed by atoms with Gasteiger partial charge in [0, 0.05) is 29.8 Å². The highest BCUT2D eigenvalue weighted by molar-refractivity contribution is 7.99. The van der Waals surface area contributed by atoms with E-state index < -0.39 is 4.92 Å². The summed E-state index contributed by atoms with van der Waals surface area (Å²) in [5.41, 5.74) is 0.857. The predicted molar refractivity (Wildman–Crippen MR) is 110 cm³/mol. The van der Waals surface area contributed by atoms with Gasteiger partial charge < -0.3 is 9.15 Å². The van der Waals surface area contributed by atoms with Crippen LogP contribution in [0.2, 0.25) is 0 Å². The molecule has 3 aromatic heterocycles. The molecular weight excluding hydrogens is 406 g/mol. The predicted octanol–water partition coefficient (Wildman–Crippen LogP) is 4.06. The molecule has 1 aromatic carbocycles. The summed E-state index contributed by atoms with van der Waals surface area (Å²) in [5.74, 6) is 2.53. The second-order valence-electron chi connectivity index (χ2n) is 6.16. The fraction of sp³-hybridized carbons (Fsp3) is 0.150. The number of ether oxygens (including phenoxy) is 1. The van der Waals surface area contributed by atoms with Crippen molar-refractivity contribution in [3.8, 4) is 17.1 Å². The van der Waals surface area contributed by atoms with Gasteiger partial charge in [0.1, 0.15) is 11.5 Å². The Bertz CT molecular complexity index is 1120. The molecule has 0 unspecified atom stereocenters. The van der Waals surface area contributed by atoms with Gasteiger partial charge in [-0.05, 0) is 30.3 Å². The summed E-state index contributed by atoms with van der Waals surface area (Å²) in [4.78, 5) is 14.6. The van der Waals surface area contributed by atoms with Crippen LogP contribution in [-0.2, 0) is 6.54 Å². The molecule has 0 N–H and O–H groups in total. The molecule has 4 aromatic rings. The van der Waals surface area contributed by atoms with Gasteiger partial charge in [-0.2, -0.15) is 0 Å². The van der Waals surface area contributed by atoms with Gasteiger partial charge in [0.05, 0.1) is 30.4 Å². The van der Waals surface area contributed by atoms with E-state index in [1.807, 2.05) is 28.8 Å². The lowest BCUT2D eigenvalue weighted by Crippen LogP contribution is -2.06. The van der Waals surface area contributed by atoms with Crippen LogP contribution in [0.1, 0.15) is 5.76 Å². The molecule has 0 bridgehead atoms. The smallest absolute Gasteiger partial charge is 0.273 e. The number of nitro benzene ring substituents is 1. The van der Waals surface area contributed by atoms with Crippen molar-refractivity contribution in [3.63, 3.8) is 0 Å². The van der Waals surface area contributed by atoms with E-state index in [1.54, 1.807) is 30.8 Å². The first-order valence-electron chi connectivity index (χ1n) is 9.07. The van der Waals surface area contributed by atoms with Crippen LogP contribution in [0.3, 0.4) is 0 Å². The van der Waals surface area contributed by atoms with E-state index in [4.69, 9.17) is 9.15 Å². The number of nitrogens with zero attached hydrogens (tertiary/aromatic N) is 5. The lowest BCUT2D eigenvalue weighted by atomic mass is 10.2. The first-order valence-corrected chi connectivity index (χ1v) is 10.1. The highest BCUT2D eigenvalue weighted by Gasteiger charge is 2.16.